The molecule has 0 saturated carbocycles. The van der Waals surface area contributed by atoms with Crippen molar-refractivity contribution in [2.45, 2.75) is 39.2 Å². The first-order chi connectivity index (χ1) is 12.3. The van der Waals surface area contributed by atoms with Crippen molar-refractivity contribution >= 4 is 32.4 Å². The highest BCUT2D eigenvalue weighted by Crippen LogP contribution is 2.29. The molecule has 0 bridgehead atoms. The van der Waals surface area contributed by atoms with Crippen molar-refractivity contribution in [3.8, 4) is 11.3 Å². The summed E-state index contributed by atoms with van der Waals surface area (Å²) in [4.78, 5) is 17.1. The van der Waals surface area contributed by atoms with Crippen molar-refractivity contribution in [3.63, 3.8) is 0 Å². The Morgan fingerprint density at radius 3 is 2.77 bits per heavy atom. The molecular formula is C18H23N3O3S2. The Hall–Kier alpha value is -1.77. The SMILES string of the molecule is Cc1ccc(-c2csc(NC(=O)[C@@H]3CCCCN3S(C)(=O)=O)n2)c(C)c1. The monoisotopic (exact) mass is 393 g/mol. The molecule has 1 aliphatic heterocycles. The lowest BCUT2D eigenvalue weighted by molar-refractivity contribution is -0.120. The second-order valence-electron chi connectivity index (χ2n) is 6.73. The molecule has 1 amide bonds. The zero-order chi connectivity index (χ0) is 18.9. The van der Waals surface area contributed by atoms with Crippen LogP contribution in [0.15, 0.2) is 23.6 Å². The molecule has 6 nitrogen and oxygen atoms in total. The van der Waals surface area contributed by atoms with E-state index in [0.29, 0.717) is 18.1 Å². The van der Waals surface area contributed by atoms with E-state index in [1.165, 1.54) is 21.2 Å². The summed E-state index contributed by atoms with van der Waals surface area (Å²) in [5.74, 6) is -0.309. The number of carbonyl (C=O) groups excluding carboxylic acids is 1. The number of nitrogens with zero attached hydrogens (tertiary/aromatic N) is 2. The molecule has 8 heteroatoms. The lowest BCUT2D eigenvalue weighted by atomic mass is 10.0. The molecule has 1 aromatic carbocycles. The van der Waals surface area contributed by atoms with Gasteiger partial charge in [0.1, 0.15) is 6.04 Å². The number of aromatic nitrogens is 1. The average molecular weight is 394 g/mol. The molecule has 1 aliphatic rings. The Morgan fingerprint density at radius 1 is 1.31 bits per heavy atom. The minimum Gasteiger partial charge on any atom is -0.301 e. The number of hydrogen-bond donors (Lipinski definition) is 1. The molecule has 0 radical (unpaired) electrons. The fourth-order valence-corrected chi connectivity index (χ4v) is 5.15. The molecule has 1 atom stereocenters. The van der Waals surface area contributed by atoms with Crippen molar-refractivity contribution < 1.29 is 13.2 Å². The van der Waals surface area contributed by atoms with E-state index in [-0.39, 0.29) is 5.91 Å². The van der Waals surface area contributed by atoms with E-state index in [2.05, 4.69) is 16.4 Å². The minimum atomic E-state index is -3.40. The Kier molecular flexibility index (Phi) is 5.45. The number of aryl methyl sites for hydroxylation is 2. The summed E-state index contributed by atoms with van der Waals surface area (Å²) in [6, 6.07) is 5.50. The van der Waals surface area contributed by atoms with Crippen LogP contribution in [0.2, 0.25) is 0 Å². The fraction of sp³-hybridized carbons (Fsp3) is 0.444. The normalized spacial score (nSPS) is 18.7. The molecule has 140 valence electrons. The Morgan fingerprint density at radius 2 is 2.08 bits per heavy atom. The third kappa shape index (κ3) is 4.13. The number of rotatable bonds is 4. The number of nitrogens with one attached hydrogen (secondary N) is 1. The number of thiazole rings is 1. The molecule has 1 fully saturated rings. The van der Waals surface area contributed by atoms with Crippen LogP contribution in [-0.2, 0) is 14.8 Å². The summed E-state index contributed by atoms with van der Waals surface area (Å²) in [6.07, 6.45) is 3.31. The van der Waals surface area contributed by atoms with Gasteiger partial charge in [-0.1, -0.05) is 30.2 Å². The molecule has 3 rings (SSSR count). The van der Waals surface area contributed by atoms with Gasteiger partial charge in [-0.2, -0.15) is 4.31 Å². The maximum atomic E-state index is 12.6. The number of piperidine rings is 1. The number of anilines is 1. The van der Waals surface area contributed by atoms with Crippen LogP contribution >= 0.6 is 11.3 Å². The summed E-state index contributed by atoms with van der Waals surface area (Å²) in [6.45, 7) is 4.47. The first-order valence-corrected chi connectivity index (χ1v) is 11.3. The van der Waals surface area contributed by atoms with E-state index in [1.54, 1.807) is 0 Å². The van der Waals surface area contributed by atoms with Gasteiger partial charge in [0.2, 0.25) is 15.9 Å². The molecule has 1 saturated heterocycles. The van der Waals surface area contributed by atoms with Crippen molar-refractivity contribution in [1.29, 1.82) is 0 Å². The van der Waals surface area contributed by atoms with Gasteiger partial charge < -0.3 is 5.32 Å². The van der Waals surface area contributed by atoms with Gasteiger partial charge in [-0.15, -0.1) is 11.3 Å². The number of amides is 1. The van der Waals surface area contributed by atoms with Gasteiger partial charge >= 0.3 is 0 Å². The van der Waals surface area contributed by atoms with Gasteiger partial charge in [0.15, 0.2) is 5.13 Å². The molecule has 0 aliphatic carbocycles. The topological polar surface area (TPSA) is 79.4 Å². The van der Waals surface area contributed by atoms with Crippen LogP contribution < -0.4 is 5.32 Å². The zero-order valence-electron chi connectivity index (χ0n) is 15.2. The minimum absolute atomic E-state index is 0.309. The number of benzene rings is 1. The average Bonchev–Trinajstić information content (AvgIpc) is 3.02. The number of carbonyl (C=O) groups is 1. The third-order valence-electron chi connectivity index (χ3n) is 4.57. The largest absolute Gasteiger partial charge is 0.301 e. The van der Waals surface area contributed by atoms with Crippen LogP contribution in [0.5, 0.6) is 0 Å². The highest BCUT2D eigenvalue weighted by Gasteiger charge is 2.34. The summed E-state index contributed by atoms with van der Waals surface area (Å²) in [7, 11) is -3.40. The molecule has 2 heterocycles. The number of hydrogen-bond acceptors (Lipinski definition) is 5. The Balaban J connectivity index is 1.77. The van der Waals surface area contributed by atoms with Crippen molar-refractivity contribution in [2.75, 3.05) is 18.1 Å². The third-order valence-corrected chi connectivity index (χ3v) is 6.62. The summed E-state index contributed by atoms with van der Waals surface area (Å²) in [5.41, 5.74) is 4.16. The van der Waals surface area contributed by atoms with Gasteiger partial charge in [0.05, 0.1) is 11.9 Å². The second kappa shape index (κ2) is 7.46. The van der Waals surface area contributed by atoms with E-state index >= 15 is 0 Å². The first kappa shape index (κ1) is 19.0. The van der Waals surface area contributed by atoms with Gasteiger partial charge in [0.25, 0.3) is 0 Å². The summed E-state index contributed by atoms with van der Waals surface area (Å²) >= 11 is 1.35. The maximum Gasteiger partial charge on any atom is 0.244 e. The first-order valence-electron chi connectivity index (χ1n) is 8.56. The highest BCUT2D eigenvalue weighted by molar-refractivity contribution is 7.88. The lowest BCUT2D eigenvalue weighted by Gasteiger charge is -2.32. The summed E-state index contributed by atoms with van der Waals surface area (Å²) < 4.78 is 25.2. The predicted molar refractivity (Wildman–Crippen MR) is 105 cm³/mol. The van der Waals surface area contributed by atoms with Crippen molar-refractivity contribution in [2.24, 2.45) is 0 Å². The van der Waals surface area contributed by atoms with E-state index in [4.69, 9.17) is 0 Å². The smallest absolute Gasteiger partial charge is 0.244 e. The van der Waals surface area contributed by atoms with E-state index < -0.39 is 16.1 Å². The number of sulfonamides is 1. The molecule has 26 heavy (non-hydrogen) atoms. The van der Waals surface area contributed by atoms with Crippen LogP contribution in [0.3, 0.4) is 0 Å². The molecule has 1 aromatic heterocycles. The Labute approximate surface area is 158 Å². The predicted octanol–water partition coefficient (Wildman–Crippen LogP) is 3.18. The molecule has 0 spiro atoms. The van der Waals surface area contributed by atoms with E-state index in [9.17, 15) is 13.2 Å². The zero-order valence-corrected chi connectivity index (χ0v) is 16.8. The fourth-order valence-electron chi connectivity index (χ4n) is 3.31. The molecule has 2 aromatic rings. The Bertz CT molecular complexity index is 922. The van der Waals surface area contributed by atoms with Crippen LogP contribution in [0.25, 0.3) is 11.3 Å². The maximum absolute atomic E-state index is 12.6. The summed E-state index contributed by atoms with van der Waals surface area (Å²) in [5, 5.41) is 5.19. The van der Waals surface area contributed by atoms with Gasteiger partial charge in [-0.3, -0.25) is 4.79 Å². The standard InChI is InChI=1S/C18H23N3O3S2/c1-12-7-8-14(13(2)10-12)15-11-25-18(19-15)20-17(22)16-6-4-5-9-21(16)26(3,23)24/h7-8,10-11,16H,4-6,9H2,1-3H3,(H,19,20,22)/t16-/m0/s1. The van der Waals surface area contributed by atoms with Crippen molar-refractivity contribution in [3.05, 3.63) is 34.7 Å². The molecule has 1 N–H and O–H groups in total. The van der Waals surface area contributed by atoms with Gasteiger partial charge in [-0.25, -0.2) is 13.4 Å². The van der Waals surface area contributed by atoms with Crippen LogP contribution in [0.4, 0.5) is 5.13 Å². The molecule has 0 unspecified atom stereocenters. The van der Waals surface area contributed by atoms with Crippen molar-refractivity contribution in [1.82, 2.24) is 9.29 Å². The molecular weight excluding hydrogens is 370 g/mol. The van der Waals surface area contributed by atoms with Crippen LogP contribution in [0, 0.1) is 13.8 Å². The lowest BCUT2D eigenvalue weighted by Crippen LogP contribution is -2.49. The highest BCUT2D eigenvalue weighted by atomic mass is 32.2. The second-order valence-corrected chi connectivity index (χ2v) is 9.52. The van der Waals surface area contributed by atoms with Gasteiger partial charge in [0, 0.05) is 17.5 Å². The van der Waals surface area contributed by atoms with Gasteiger partial charge in [-0.05, 0) is 32.3 Å². The van der Waals surface area contributed by atoms with Crippen LogP contribution in [0.1, 0.15) is 30.4 Å². The van der Waals surface area contributed by atoms with Crippen LogP contribution in [-0.4, -0.2) is 42.5 Å². The quantitative estimate of drug-likeness (QED) is 0.865. The van der Waals surface area contributed by atoms with E-state index in [1.807, 2.05) is 31.4 Å². The van der Waals surface area contributed by atoms with E-state index in [0.717, 1.165) is 35.9 Å².